The van der Waals surface area contributed by atoms with Gasteiger partial charge >= 0.3 is 0 Å². The Morgan fingerprint density at radius 3 is 2.25 bits per heavy atom. The van der Waals surface area contributed by atoms with Crippen molar-refractivity contribution in [2.75, 3.05) is 20.6 Å². The first-order valence-electron chi connectivity index (χ1n) is 6.70. The van der Waals surface area contributed by atoms with Gasteiger partial charge in [-0.1, -0.05) is 19.8 Å². The Bertz CT molecular complexity index is 536. The standard InChI is InChI=1S/C14H22N2O3S/c1-4-5-6-11-15-14(17)12-7-9-13(10-8-12)20(18,19)16(2)3/h7-10H,4-6,11H2,1-3H3,(H,15,17). The van der Waals surface area contributed by atoms with Gasteiger partial charge in [0.25, 0.3) is 5.91 Å². The predicted octanol–water partition coefficient (Wildman–Crippen LogP) is 1.86. The van der Waals surface area contributed by atoms with Crippen molar-refractivity contribution < 1.29 is 13.2 Å². The van der Waals surface area contributed by atoms with Gasteiger partial charge in [-0.05, 0) is 30.7 Å². The molecule has 20 heavy (non-hydrogen) atoms. The van der Waals surface area contributed by atoms with E-state index in [1.54, 1.807) is 0 Å². The van der Waals surface area contributed by atoms with Crippen molar-refractivity contribution in [2.45, 2.75) is 31.1 Å². The van der Waals surface area contributed by atoms with Crippen LogP contribution in [0.5, 0.6) is 0 Å². The SMILES string of the molecule is CCCCCNC(=O)c1ccc(S(=O)(=O)N(C)C)cc1. The zero-order chi connectivity index (χ0) is 15.2. The molecule has 0 radical (unpaired) electrons. The van der Waals surface area contributed by atoms with Crippen LogP contribution in [0.25, 0.3) is 0 Å². The van der Waals surface area contributed by atoms with Crippen LogP contribution in [0.15, 0.2) is 29.2 Å². The maximum atomic E-state index is 11.9. The van der Waals surface area contributed by atoms with Crippen LogP contribution in [0.4, 0.5) is 0 Å². The van der Waals surface area contributed by atoms with E-state index in [0.717, 1.165) is 23.6 Å². The first kappa shape index (κ1) is 16.7. The number of amides is 1. The van der Waals surface area contributed by atoms with Crippen LogP contribution in [0, 0.1) is 0 Å². The van der Waals surface area contributed by atoms with Crippen LogP contribution in [-0.2, 0) is 10.0 Å². The molecule has 6 heteroatoms. The number of hydrogen-bond acceptors (Lipinski definition) is 3. The number of unbranched alkanes of at least 4 members (excludes halogenated alkanes) is 2. The fraction of sp³-hybridized carbons (Fsp3) is 0.500. The highest BCUT2D eigenvalue weighted by Gasteiger charge is 2.17. The molecular formula is C14H22N2O3S. The summed E-state index contributed by atoms with van der Waals surface area (Å²) in [4.78, 5) is 12.0. The molecule has 1 aromatic rings. The summed E-state index contributed by atoms with van der Waals surface area (Å²) >= 11 is 0. The van der Waals surface area contributed by atoms with Gasteiger partial charge in [-0.25, -0.2) is 12.7 Å². The largest absolute Gasteiger partial charge is 0.352 e. The summed E-state index contributed by atoms with van der Waals surface area (Å²) in [7, 11) is -0.490. The van der Waals surface area contributed by atoms with Crippen LogP contribution in [0.3, 0.4) is 0 Å². The van der Waals surface area contributed by atoms with Crippen molar-refractivity contribution in [3.05, 3.63) is 29.8 Å². The molecule has 0 aliphatic carbocycles. The van der Waals surface area contributed by atoms with E-state index in [1.807, 2.05) is 0 Å². The van der Waals surface area contributed by atoms with Crippen molar-refractivity contribution in [1.82, 2.24) is 9.62 Å². The maximum Gasteiger partial charge on any atom is 0.251 e. The Morgan fingerprint density at radius 2 is 1.75 bits per heavy atom. The Labute approximate surface area is 121 Å². The lowest BCUT2D eigenvalue weighted by Gasteiger charge is -2.11. The molecule has 0 heterocycles. The fourth-order valence-corrected chi connectivity index (χ4v) is 2.57. The van der Waals surface area contributed by atoms with Crippen LogP contribution >= 0.6 is 0 Å². The van der Waals surface area contributed by atoms with Crippen LogP contribution in [-0.4, -0.2) is 39.3 Å². The van der Waals surface area contributed by atoms with Crippen LogP contribution in [0.2, 0.25) is 0 Å². The highest BCUT2D eigenvalue weighted by molar-refractivity contribution is 7.89. The Hall–Kier alpha value is -1.40. The van der Waals surface area contributed by atoms with Gasteiger partial charge < -0.3 is 5.32 Å². The summed E-state index contributed by atoms with van der Waals surface area (Å²) in [6.07, 6.45) is 3.14. The number of carbonyl (C=O) groups excluding carboxylic acids is 1. The smallest absolute Gasteiger partial charge is 0.251 e. The van der Waals surface area contributed by atoms with Crippen molar-refractivity contribution in [3.63, 3.8) is 0 Å². The second-order valence-corrected chi connectivity index (χ2v) is 6.93. The highest BCUT2D eigenvalue weighted by Crippen LogP contribution is 2.13. The molecule has 0 bridgehead atoms. The van der Waals surface area contributed by atoms with Crippen molar-refractivity contribution in [2.24, 2.45) is 0 Å². The van der Waals surface area contributed by atoms with Gasteiger partial charge in [-0.15, -0.1) is 0 Å². The minimum atomic E-state index is -3.44. The van der Waals surface area contributed by atoms with E-state index < -0.39 is 10.0 Å². The number of carbonyl (C=O) groups is 1. The average molecular weight is 298 g/mol. The van der Waals surface area contributed by atoms with Crippen molar-refractivity contribution in [1.29, 1.82) is 0 Å². The molecule has 1 N–H and O–H groups in total. The first-order chi connectivity index (χ1) is 9.39. The quantitative estimate of drug-likeness (QED) is 0.781. The van der Waals surface area contributed by atoms with E-state index in [9.17, 15) is 13.2 Å². The summed E-state index contributed by atoms with van der Waals surface area (Å²) in [5, 5.41) is 2.82. The molecule has 0 saturated heterocycles. The number of sulfonamides is 1. The third-order valence-corrected chi connectivity index (χ3v) is 4.79. The molecule has 0 saturated carbocycles. The average Bonchev–Trinajstić information content (AvgIpc) is 2.43. The molecule has 1 rings (SSSR count). The molecule has 0 aliphatic heterocycles. The Morgan fingerprint density at radius 1 is 1.15 bits per heavy atom. The van der Waals surface area contributed by atoms with Gasteiger partial charge in [-0.2, -0.15) is 0 Å². The van der Waals surface area contributed by atoms with Gasteiger partial charge in [0.15, 0.2) is 0 Å². The van der Waals surface area contributed by atoms with Gasteiger partial charge in [0.1, 0.15) is 0 Å². The maximum absolute atomic E-state index is 11.9. The molecule has 112 valence electrons. The van der Waals surface area contributed by atoms with E-state index in [2.05, 4.69) is 12.2 Å². The molecule has 1 amide bonds. The first-order valence-corrected chi connectivity index (χ1v) is 8.14. The minimum absolute atomic E-state index is 0.171. The third kappa shape index (κ3) is 4.31. The van der Waals surface area contributed by atoms with E-state index in [1.165, 1.54) is 38.4 Å². The molecule has 0 spiro atoms. The molecule has 5 nitrogen and oxygen atoms in total. The minimum Gasteiger partial charge on any atom is -0.352 e. The summed E-state index contributed by atoms with van der Waals surface area (Å²) in [6, 6.07) is 5.98. The molecule has 0 unspecified atom stereocenters. The molecule has 0 atom stereocenters. The van der Waals surface area contributed by atoms with Gasteiger partial charge in [-0.3, -0.25) is 4.79 Å². The summed E-state index contributed by atoms with van der Waals surface area (Å²) in [5.74, 6) is -0.171. The highest BCUT2D eigenvalue weighted by atomic mass is 32.2. The molecule has 0 aliphatic rings. The molecule has 0 fully saturated rings. The topological polar surface area (TPSA) is 66.5 Å². The lowest BCUT2D eigenvalue weighted by atomic mass is 10.2. The zero-order valence-corrected chi connectivity index (χ0v) is 13.0. The number of hydrogen-bond donors (Lipinski definition) is 1. The molecule has 1 aromatic carbocycles. The van der Waals surface area contributed by atoms with E-state index >= 15 is 0 Å². The van der Waals surface area contributed by atoms with Gasteiger partial charge in [0.2, 0.25) is 10.0 Å². The number of rotatable bonds is 7. The lowest BCUT2D eigenvalue weighted by molar-refractivity contribution is 0.0953. The molecule has 0 aromatic heterocycles. The summed E-state index contributed by atoms with van der Waals surface area (Å²) < 4.78 is 24.9. The number of benzene rings is 1. The summed E-state index contributed by atoms with van der Waals surface area (Å²) in [5.41, 5.74) is 0.471. The van der Waals surface area contributed by atoms with E-state index in [0.29, 0.717) is 12.1 Å². The van der Waals surface area contributed by atoms with E-state index in [4.69, 9.17) is 0 Å². The fourth-order valence-electron chi connectivity index (χ4n) is 1.67. The Kier molecular flexibility index (Phi) is 6.16. The monoisotopic (exact) mass is 298 g/mol. The Balaban J connectivity index is 2.69. The van der Waals surface area contributed by atoms with Gasteiger partial charge in [0.05, 0.1) is 4.90 Å². The van der Waals surface area contributed by atoms with Crippen molar-refractivity contribution >= 4 is 15.9 Å². The predicted molar refractivity (Wildman–Crippen MR) is 79.2 cm³/mol. The van der Waals surface area contributed by atoms with E-state index in [-0.39, 0.29) is 10.8 Å². The van der Waals surface area contributed by atoms with Crippen LogP contribution < -0.4 is 5.32 Å². The molecular weight excluding hydrogens is 276 g/mol. The summed E-state index contributed by atoms with van der Waals surface area (Å²) in [6.45, 7) is 2.75. The lowest BCUT2D eigenvalue weighted by Crippen LogP contribution is -2.25. The normalized spacial score (nSPS) is 11.6. The van der Waals surface area contributed by atoms with Crippen molar-refractivity contribution in [3.8, 4) is 0 Å². The second-order valence-electron chi connectivity index (χ2n) is 4.77. The number of nitrogens with one attached hydrogen (secondary N) is 1. The number of nitrogens with zero attached hydrogens (tertiary/aromatic N) is 1. The zero-order valence-electron chi connectivity index (χ0n) is 12.2. The van der Waals surface area contributed by atoms with Gasteiger partial charge in [0, 0.05) is 26.2 Å². The second kappa shape index (κ2) is 7.40. The third-order valence-electron chi connectivity index (χ3n) is 2.96. The van der Waals surface area contributed by atoms with Crippen LogP contribution in [0.1, 0.15) is 36.5 Å².